The largest absolute Gasteiger partial charge is 0.497 e. The van der Waals surface area contributed by atoms with E-state index >= 15 is 0 Å². The zero-order valence-electron chi connectivity index (χ0n) is 21.7. The van der Waals surface area contributed by atoms with Crippen LogP contribution in [0.15, 0.2) is 84.1 Å². The third-order valence-electron chi connectivity index (χ3n) is 7.22. The topological polar surface area (TPSA) is 67.9 Å². The number of ketones is 1. The number of carbonyl (C=O) groups is 2. The number of hydrogen-bond donors (Lipinski definition) is 1. The Labute approximate surface area is 217 Å². The van der Waals surface area contributed by atoms with Crippen LogP contribution in [0.2, 0.25) is 0 Å². The first-order valence-corrected chi connectivity index (χ1v) is 12.6. The Morgan fingerprint density at radius 3 is 2.32 bits per heavy atom. The van der Waals surface area contributed by atoms with Gasteiger partial charge in [0.15, 0.2) is 5.78 Å². The number of allylic oxidation sites excluding steroid dienone is 1. The first kappa shape index (κ1) is 24.6. The highest BCUT2D eigenvalue weighted by atomic mass is 16.5. The number of fused-ring (bicyclic) bond motifs is 1. The maximum Gasteiger partial charge on any atom is 0.230 e. The molecular weight excluding hydrogens is 464 g/mol. The predicted octanol–water partition coefficient (Wildman–Crippen LogP) is 6.26. The van der Waals surface area contributed by atoms with Gasteiger partial charge in [-0.15, -0.1) is 0 Å². The average molecular weight is 497 g/mol. The summed E-state index contributed by atoms with van der Waals surface area (Å²) in [6, 6.07) is 22.8. The molecule has 0 saturated carbocycles. The normalized spacial score (nSPS) is 19.1. The van der Waals surface area contributed by atoms with E-state index < -0.39 is 6.04 Å². The molecule has 3 aromatic carbocycles. The molecule has 0 saturated heterocycles. The standard InChI is InChI=1S/C31H32N2O4/c1-19(2)31(35)33-27-11-6-5-10-25(27)32-26-17-22(20-12-14-23(36-3)15-13-20)18-28(34)29(26)30(33)21-8-7-9-24(16-21)37-4/h5-16,19,22,30,32H,17-18H2,1-4H3/t22-,30+/m1/s1. The van der Waals surface area contributed by atoms with Crippen LogP contribution in [0.5, 0.6) is 11.5 Å². The SMILES string of the molecule is COc1ccc([C@H]2CC(=O)C3=C(C2)Nc2ccccc2N(C(=O)C(C)C)[C@H]3c2cccc(OC)c2)cc1. The second-order valence-electron chi connectivity index (χ2n) is 9.88. The lowest BCUT2D eigenvalue weighted by Gasteiger charge is -2.36. The van der Waals surface area contributed by atoms with Crippen LogP contribution < -0.4 is 19.7 Å². The molecule has 1 N–H and O–H groups in total. The molecule has 0 radical (unpaired) electrons. The van der Waals surface area contributed by atoms with Gasteiger partial charge < -0.3 is 14.8 Å². The van der Waals surface area contributed by atoms with Crippen LogP contribution in [0.25, 0.3) is 0 Å². The monoisotopic (exact) mass is 496 g/mol. The Morgan fingerprint density at radius 2 is 1.62 bits per heavy atom. The molecule has 6 heteroatoms. The lowest BCUT2D eigenvalue weighted by atomic mass is 9.78. The number of ether oxygens (including phenoxy) is 2. The van der Waals surface area contributed by atoms with E-state index in [1.807, 2.05) is 86.6 Å². The summed E-state index contributed by atoms with van der Waals surface area (Å²) >= 11 is 0. The van der Waals surface area contributed by atoms with Crippen LogP contribution in [-0.2, 0) is 9.59 Å². The number of Topliss-reactive ketones (excluding diaryl/α,β-unsaturated/α-hetero) is 1. The lowest BCUT2D eigenvalue weighted by molar-refractivity contribution is -0.121. The number of rotatable bonds is 5. The highest BCUT2D eigenvalue weighted by Gasteiger charge is 2.42. The fraction of sp³-hybridized carbons (Fsp3) is 0.290. The van der Waals surface area contributed by atoms with Crippen LogP contribution in [-0.4, -0.2) is 25.9 Å². The smallest absolute Gasteiger partial charge is 0.230 e. The molecule has 190 valence electrons. The van der Waals surface area contributed by atoms with Crippen molar-refractivity contribution in [3.05, 3.63) is 95.2 Å². The van der Waals surface area contributed by atoms with Gasteiger partial charge in [0.25, 0.3) is 0 Å². The molecule has 0 aromatic heterocycles. The van der Waals surface area contributed by atoms with E-state index in [0.29, 0.717) is 24.2 Å². The van der Waals surface area contributed by atoms with Crippen molar-refractivity contribution in [1.82, 2.24) is 0 Å². The average Bonchev–Trinajstić information content (AvgIpc) is 3.07. The number of nitrogens with zero attached hydrogens (tertiary/aromatic N) is 1. The zero-order chi connectivity index (χ0) is 26.1. The lowest BCUT2D eigenvalue weighted by Crippen LogP contribution is -2.40. The van der Waals surface area contributed by atoms with E-state index in [2.05, 4.69) is 5.32 Å². The molecule has 0 bridgehead atoms. The van der Waals surface area contributed by atoms with Crippen molar-refractivity contribution < 1.29 is 19.1 Å². The number of anilines is 2. The molecule has 0 fully saturated rings. The molecule has 6 nitrogen and oxygen atoms in total. The van der Waals surface area contributed by atoms with Crippen molar-refractivity contribution in [3.8, 4) is 11.5 Å². The maximum absolute atomic E-state index is 14.0. The Balaban J connectivity index is 1.69. The number of nitrogens with one attached hydrogen (secondary N) is 1. The second kappa shape index (κ2) is 10.1. The van der Waals surface area contributed by atoms with Crippen LogP contribution in [0, 0.1) is 5.92 Å². The van der Waals surface area contributed by atoms with E-state index in [4.69, 9.17) is 9.47 Å². The van der Waals surface area contributed by atoms with Gasteiger partial charge in [0.05, 0.1) is 31.6 Å². The van der Waals surface area contributed by atoms with E-state index in [0.717, 1.165) is 33.9 Å². The molecule has 1 aliphatic heterocycles. The van der Waals surface area contributed by atoms with Gasteiger partial charge in [-0.3, -0.25) is 14.5 Å². The summed E-state index contributed by atoms with van der Waals surface area (Å²) in [5, 5.41) is 3.58. The predicted molar refractivity (Wildman–Crippen MR) is 145 cm³/mol. The van der Waals surface area contributed by atoms with Crippen LogP contribution in [0.4, 0.5) is 11.4 Å². The van der Waals surface area contributed by atoms with E-state index in [-0.39, 0.29) is 23.5 Å². The van der Waals surface area contributed by atoms with Gasteiger partial charge in [-0.05, 0) is 59.9 Å². The minimum atomic E-state index is -0.569. The van der Waals surface area contributed by atoms with Gasteiger partial charge in [-0.1, -0.05) is 50.2 Å². The van der Waals surface area contributed by atoms with Crippen molar-refractivity contribution in [3.63, 3.8) is 0 Å². The van der Waals surface area contributed by atoms with Crippen LogP contribution in [0.3, 0.4) is 0 Å². The van der Waals surface area contributed by atoms with Crippen molar-refractivity contribution in [2.45, 2.75) is 38.6 Å². The van der Waals surface area contributed by atoms with Crippen molar-refractivity contribution in [1.29, 1.82) is 0 Å². The number of benzene rings is 3. The van der Waals surface area contributed by atoms with Gasteiger partial charge in [0.1, 0.15) is 11.5 Å². The number of methoxy groups -OCH3 is 2. The summed E-state index contributed by atoms with van der Waals surface area (Å²) < 4.78 is 10.8. The van der Waals surface area contributed by atoms with Crippen molar-refractivity contribution >= 4 is 23.1 Å². The number of hydrogen-bond acceptors (Lipinski definition) is 5. The molecule has 0 spiro atoms. The highest BCUT2D eigenvalue weighted by Crippen LogP contribution is 2.48. The van der Waals surface area contributed by atoms with Crippen molar-refractivity contribution in [2.24, 2.45) is 5.92 Å². The van der Waals surface area contributed by atoms with E-state index in [1.54, 1.807) is 19.1 Å². The number of para-hydroxylation sites is 2. The van der Waals surface area contributed by atoms with Gasteiger partial charge in [0.2, 0.25) is 5.91 Å². The Kier molecular flexibility index (Phi) is 6.74. The molecule has 1 aliphatic carbocycles. The van der Waals surface area contributed by atoms with Crippen LogP contribution >= 0.6 is 0 Å². The van der Waals surface area contributed by atoms with Gasteiger partial charge >= 0.3 is 0 Å². The minimum absolute atomic E-state index is 0.0233. The quantitative estimate of drug-likeness (QED) is 0.452. The molecule has 2 aliphatic rings. The molecule has 5 rings (SSSR count). The first-order chi connectivity index (χ1) is 17.9. The Bertz CT molecular complexity index is 1360. The van der Waals surface area contributed by atoms with Gasteiger partial charge in [-0.25, -0.2) is 0 Å². The summed E-state index contributed by atoms with van der Waals surface area (Å²) in [4.78, 5) is 29.6. The Morgan fingerprint density at radius 1 is 0.892 bits per heavy atom. The van der Waals surface area contributed by atoms with Gasteiger partial charge in [0, 0.05) is 23.6 Å². The highest BCUT2D eigenvalue weighted by molar-refractivity contribution is 6.06. The second-order valence-corrected chi connectivity index (χ2v) is 9.88. The molecule has 37 heavy (non-hydrogen) atoms. The fourth-order valence-electron chi connectivity index (χ4n) is 5.35. The maximum atomic E-state index is 14.0. The number of amides is 1. The van der Waals surface area contributed by atoms with Gasteiger partial charge in [-0.2, -0.15) is 0 Å². The summed E-state index contributed by atoms with van der Waals surface area (Å²) in [5.41, 5.74) is 5.01. The minimum Gasteiger partial charge on any atom is -0.497 e. The van der Waals surface area contributed by atoms with E-state index in [9.17, 15) is 9.59 Å². The fourth-order valence-corrected chi connectivity index (χ4v) is 5.35. The molecule has 0 unspecified atom stereocenters. The summed E-state index contributed by atoms with van der Waals surface area (Å²) in [6.07, 6.45) is 1.03. The first-order valence-electron chi connectivity index (χ1n) is 12.6. The summed E-state index contributed by atoms with van der Waals surface area (Å²) in [6.45, 7) is 3.78. The third kappa shape index (κ3) is 4.59. The summed E-state index contributed by atoms with van der Waals surface area (Å²) in [7, 11) is 3.27. The summed E-state index contributed by atoms with van der Waals surface area (Å²) in [5.74, 6) is 1.23. The van der Waals surface area contributed by atoms with Crippen molar-refractivity contribution in [2.75, 3.05) is 24.4 Å². The number of carbonyl (C=O) groups excluding carboxylic acids is 2. The Hall–Kier alpha value is -4.06. The molecule has 1 heterocycles. The molecule has 3 aromatic rings. The van der Waals surface area contributed by atoms with Crippen LogP contribution in [0.1, 0.15) is 49.8 Å². The molecule has 2 atom stereocenters. The van der Waals surface area contributed by atoms with E-state index in [1.165, 1.54) is 0 Å². The molecular formula is C31H32N2O4. The zero-order valence-corrected chi connectivity index (χ0v) is 21.7. The molecule has 1 amide bonds. The third-order valence-corrected chi connectivity index (χ3v) is 7.22.